The molecule has 88 valence electrons. The predicted molar refractivity (Wildman–Crippen MR) is 65.0 cm³/mol. The van der Waals surface area contributed by atoms with Gasteiger partial charge in [0.05, 0.1) is 0 Å². The molecule has 2 fully saturated rings. The lowest BCUT2D eigenvalue weighted by Gasteiger charge is -2.35. The molecule has 2 heteroatoms. The topological polar surface area (TPSA) is 15.3 Å². The van der Waals surface area contributed by atoms with Crippen LogP contribution in [0.25, 0.3) is 0 Å². The van der Waals surface area contributed by atoms with E-state index < -0.39 is 0 Å². The van der Waals surface area contributed by atoms with Crippen LogP contribution in [0.2, 0.25) is 0 Å². The zero-order valence-corrected chi connectivity index (χ0v) is 10.3. The Morgan fingerprint density at radius 2 is 2.13 bits per heavy atom. The second-order valence-electron chi connectivity index (χ2n) is 5.51. The second-order valence-corrected chi connectivity index (χ2v) is 5.51. The van der Waals surface area contributed by atoms with E-state index in [1.807, 2.05) is 0 Å². The molecule has 1 aliphatic carbocycles. The summed E-state index contributed by atoms with van der Waals surface area (Å²) in [6.07, 6.45) is 7.29. The first-order valence-electron chi connectivity index (χ1n) is 6.69. The molecule has 2 atom stereocenters. The van der Waals surface area contributed by atoms with Gasteiger partial charge in [0.25, 0.3) is 0 Å². The monoisotopic (exact) mass is 210 g/mol. The quantitative estimate of drug-likeness (QED) is 0.747. The molecule has 2 unspecified atom stereocenters. The van der Waals surface area contributed by atoms with Crippen LogP contribution in [-0.4, -0.2) is 37.6 Å². The first-order valence-corrected chi connectivity index (χ1v) is 6.69. The van der Waals surface area contributed by atoms with Crippen LogP contribution in [0.15, 0.2) is 0 Å². The van der Waals surface area contributed by atoms with Crippen LogP contribution in [0, 0.1) is 11.8 Å². The standard InChI is InChI=1S/C13H26N2/c1-11(14-2)13-4-3-8-15(10-13)9-7-12-5-6-12/h11-14H,3-10H2,1-2H3. The van der Waals surface area contributed by atoms with E-state index in [0.717, 1.165) is 11.8 Å². The largest absolute Gasteiger partial charge is 0.317 e. The SMILES string of the molecule is CNC(C)C1CCCN(CCC2CC2)C1. The number of hydrogen-bond acceptors (Lipinski definition) is 2. The van der Waals surface area contributed by atoms with Gasteiger partial charge in [-0.25, -0.2) is 0 Å². The highest BCUT2D eigenvalue weighted by atomic mass is 15.1. The Bertz CT molecular complexity index is 189. The molecule has 0 aromatic heterocycles. The Morgan fingerprint density at radius 1 is 1.33 bits per heavy atom. The molecule has 1 heterocycles. The highest BCUT2D eigenvalue weighted by Gasteiger charge is 2.26. The van der Waals surface area contributed by atoms with Crippen LogP contribution in [0.3, 0.4) is 0 Å². The van der Waals surface area contributed by atoms with Gasteiger partial charge in [-0.2, -0.15) is 0 Å². The van der Waals surface area contributed by atoms with Crippen molar-refractivity contribution < 1.29 is 0 Å². The third-order valence-corrected chi connectivity index (χ3v) is 4.25. The average molecular weight is 210 g/mol. The molecule has 2 nitrogen and oxygen atoms in total. The Labute approximate surface area is 94.4 Å². The number of rotatable bonds is 5. The highest BCUT2D eigenvalue weighted by molar-refractivity contribution is 4.81. The average Bonchev–Trinajstić information content (AvgIpc) is 3.09. The third-order valence-electron chi connectivity index (χ3n) is 4.25. The van der Waals surface area contributed by atoms with Gasteiger partial charge in [0, 0.05) is 12.6 Å². The van der Waals surface area contributed by atoms with Crippen LogP contribution in [0.4, 0.5) is 0 Å². The van der Waals surface area contributed by atoms with Gasteiger partial charge in [0.1, 0.15) is 0 Å². The molecule has 0 spiro atoms. The molecule has 1 saturated carbocycles. The predicted octanol–water partition coefficient (Wildman–Crippen LogP) is 2.11. The van der Waals surface area contributed by atoms with Crippen LogP contribution >= 0.6 is 0 Å². The van der Waals surface area contributed by atoms with E-state index in [-0.39, 0.29) is 0 Å². The molecule has 0 bridgehead atoms. The Hall–Kier alpha value is -0.0800. The molecule has 1 aliphatic heterocycles. The van der Waals surface area contributed by atoms with Crippen molar-refractivity contribution in [2.45, 2.75) is 45.1 Å². The van der Waals surface area contributed by atoms with Crippen molar-refractivity contribution in [3.05, 3.63) is 0 Å². The maximum absolute atomic E-state index is 3.41. The lowest BCUT2D eigenvalue weighted by molar-refractivity contribution is 0.150. The smallest absolute Gasteiger partial charge is 0.00762 e. The van der Waals surface area contributed by atoms with Crippen molar-refractivity contribution in [2.75, 3.05) is 26.7 Å². The minimum absolute atomic E-state index is 0.689. The summed E-state index contributed by atoms with van der Waals surface area (Å²) in [5.74, 6) is 1.97. The molecule has 1 saturated heterocycles. The third kappa shape index (κ3) is 3.46. The number of likely N-dealkylation sites (tertiary alicyclic amines) is 1. The first-order chi connectivity index (χ1) is 7.29. The van der Waals surface area contributed by atoms with Crippen LogP contribution < -0.4 is 5.32 Å². The van der Waals surface area contributed by atoms with E-state index in [2.05, 4.69) is 24.2 Å². The van der Waals surface area contributed by atoms with E-state index in [1.54, 1.807) is 0 Å². The van der Waals surface area contributed by atoms with Gasteiger partial charge < -0.3 is 10.2 Å². The van der Waals surface area contributed by atoms with Crippen LogP contribution in [-0.2, 0) is 0 Å². The maximum atomic E-state index is 3.41. The van der Waals surface area contributed by atoms with Crippen LogP contribution in [0.1, 0.15) is 39.0 Å². The zero-order valence-electron chi connectivity index (χ0n) is 10.3. The van der Waals surface area contributed by atoms with Crippen molar-refractivity contribution >= 4 is 0 Å². The van der Waals surface area contributed by atoms with Crippen molar-refractivity contribution in [1.29, 1.82) is 0 Å². The molecule has 1 N–H and O–H groups in total. The molecule has 2 rings (SSSR count). The lowest BCUT2D eigenvalue weighted by atomic mass is 9.91. The van der Waals surface area contributed by atoms with E-state index in [9.17, 15) is 0 Å². The van der Waals surface area contributed by atoms with Crippen molar-refractivity contribution in [2.24, 2.45) is 11.8 Å². The van der Waals surface area contributed by atoms with Gasteiger partial charge in [0.15, 0.2) is 0 Å². The molecule has 0 amide bonds. The summed E-state index contributed by atoms with van der Waals surface area (Å²) in [6.45, 7) is 6.36. The summed E-state index contributed by atoms with van der Waals surface area (Å²) in [4.78, 5) is 2.69. The van der Waals surface area contributed by atoms with Gasteiger partial charge in [0.2, 0.25) is 0 Å². The summed E-state index contributed by atoms with van der Waals surface area (Å²) in [5.41, 5.74) is 0. The van der Waals surface area contributed by atoms with Crippen molar-refractivity contribution in [3.63, 3.8) is 0 Å². The molecular formula is C13H26N2. The maximum Gasteiger partial charge on any atom is 0.00762 e. The van der Waals surface area contributed by atoms with E-state index in [0.29, 0.717) is 6.04 Å². The fourth-order valence-electron chi connectivity index (χ4n) is 2.71. The van der Waals surface area contributed by atoms with Crippen LogP contribution in [0.5, 0.6) is 0 Å². The van der Waals surface area contributed by atoms with Gasteiger partial charge in [-0.05, 0) is 58.2 Å². The van der Waals surface area contributed by atoms with Gasteiger partial charge in [-0.3, -0.25) is 0 Å². The Balaban J connectivity index is 1.70. The summed E-state index contributed by atoms with van der Waals surface area (Å²) in [5, 5.41) is 3.41. The molecule has 2 aliphatic rings. The van der Waals surface area contributed by atoms with Crippen molar-refractivity contribution in [1.82, 2.24) is 10.2 Å². The highest BCUT2D eigenvalue weighted by Crippen LogP contribution is 2.33. The summed E-state index contributed by atoms with van der Waals surface area (Å²) in [7, 11) is 2.09. The van der Waals surface area contributed by atoms with Gasteiger partial charge in [-0.1, -0.05) is 12.8 Å². The second kappa shape index (κ2) is 5.31. The first kappa shape index (κ1) is 11.4. The minimum atomic E-state index is 0.689. The zero-order chi connectivity index (χ0) is 10.7. The van der Waals surface area contributed by atoms with E-state index in [4.69, 9.17) is 0 Å². The van der Waals surface area contributed by atoms with Gasteiger partial charge in [-0.15, -0.1) is 0 Å². The molecule has 15 heavy (non-hydrogen) atoms. The van der Waals surface area contributed by atoms with Gasteiger partial charge >= 0.3 is 0 Å². The summed E-state index contributed by atoms with van der Waals surface area (Å²) in [6, 6.07) is 0.689. The van der Waals surface area contributed by atoms with E-state index in [1.165, 1.54) is 51.7 Å². The summed E-state index contributed by atoms with van der Waals surface area (Å²) >= 11 is 0. The minimum Gasteiger partial charge on any atom is -0.317 e. The number of nitrogens with one attached hydrogen (secondary N) is 1. The van der Waals surface area contributed by atoms with E-state index >= 15 is 0 Å². The summed E-state index contributed by atoms with van der Waals surface area (Å²) < 4.78 is 0. The molecule has 0 aromatic rings. The van der Waals surface area contributed by atoms with Crippen molar-refractivity contribution in [3.8, 4) is 0 Å². The Morgan fingerprint density at radius 3 is 2.80 bits per heavy atom. The molecule has 0 aromatic carbocycles. The fraction of sp³-hybridized carbons (Fsp3) is 1.00. The molecular weight excluding hydrogens is 184 g/mol. The molecule has 0 radical (unpaired) electrons. The number of hydrogen-bond donors (Lipinski definition) is 1. The lowest BCUT2D eigenvalue weighted by Crippen LogP contribution is -2.43. The normalized spacial score (nSPS) is 30.4. The number of nitrogens with zero attached hydrogens (tertiary/aromatic N) is 1. The fourth-order valence-corrected chi connectivity index (χ4v) is 2.71. The number of piperidine rings is 1. The Kier molecular flexibility index (Phi) is 4.04.